The highest BCUT2D eigenvalue weighted by molar-refractivity contribution is 7.09. The molecule has 1 unspecified atom stereocenters. The number of hydrogen-bond acceptors (Lipinski definition) is 7. The number of rotatable bonds is 12. The van der Waals surface area contributed by atoms with Crippen LogP contribution in [0.1, 0.15) is 34.4 Å². The standard InChI is InChI=1S/C32H31N3O6S/c1-20(40-17-21-9-3-2-4-10-21)29(31(37)38)35-30(36)28(15-22-16-33-19-42-22)34-32(39)41-18-27-25-13-7-5-11-23(25)24-12-6-8-14-26(24)27/h2-14,16,19-20,27-29H,15,17-18H2,1H3,(H,34,39)(H,35,36)(H,37,38)/t20-,28?,29+/m1/s1. The number of nitrogens with one attached hydrogen (secondary N) is 2. The van der Waals surface area contributed by atoms with Gasteiger partial charge in [0.25, 0.3) is 0 Å². The summed E-state index contributed by atoms with van der Waals surface area (Å²) in [7, 11) is 0. The second-order valence-corrected chi connectivity index (χ2v) is 11.0. The summed E-state index contributed by atoms with van der Waals surface area (Å²) in [6.07, 6.45) is 0.101. The number of aliphatic carboxylic acids is 1. The van der Waals surface area contributed by atoms with Crippen molar-refractivity contribution in [2.45, 2.75) is 44.1 Å². The molecule has 0 spiro atoms. The minimum absolute atomic E-state index is 0.0802. The highest BCUT2D eigenvalue weighted by atomic mass is 32.1. The van der Waals surface area contributed by atoms with Crippen LogP contribution in [0.5, 0.6) is 0 Å². The lowest BCUT2D eigenvalue weighted by Gasteiger charge is -2.25. The van der Waals surface area contributed by atoms with Crippen molar-refractivity contribution in [2.75, 3.05) is 6.61 Å². The summed E-state index contributed by atoms with van der Waals surface area (Å²) in [6, 6.07) is 22.9. The smallest absolute Gasteiger partial charge is 0.407 e. The van der Waals surface area contributed by atoms with E-state index in [2.05, 4.69) is 15.6 Å². The highest BCUT2D eigenvalue weighted by Gasteiger charge is 2.33. The Morgan fingerprint density at radius 3 is 2.19 bits per heavy atom. The molecule has 3 N–H and O–H groups in total. The molecule has 1 aliphatic rings. The maximum atomic E-state index is 13.4. The van der Waals surface area contributed by atoms with E-state index < -0.39 is 36.2 Å². The quantitative estimate of drug-likeness (QED) is 0.219. The molecule has 0 saturated carbocycles. The molecule has 0 aliphatic heterocycles. The Hall–Kier alpha value is -4.54. The van der Waals surface area contributed by atoms with Crippen LogP contribution in [0.2, 0.25) is 0 Å². The van der Waals surface area contributed by atoms with Gasteiger partial charge in [-0.3, -0.25) is 9.78 Å². The summed E-state index contributed by atoms with van der Waals surface area (Å²) >= 11 is 1.33. The lowest BCUT2D eigenvalue weighted by atomic mass is 9.98. The van der Waals surface area contributed by atoms with Crippen LogP contribution in [-0.4, -0.2) is 52.9 Å². The molecule has 3 aromatic carbocycles. The number of alkyl carbamates (subject to hydrolysis) is 1. The molecule has 0 bridgehead atoms. The van der Waals surface area contributed by atoms with Crippen molar-refractivity contribution in [3.05, 3.63) is 112 Å². The second kappa shape index (κ2) is 13.4. The summed E-state index contributed by atoms with van der Waals surface area (Å²) in [5, 5.41) is 15.0. The molecule has 216 valence electrons. The molecule has 0 fully saturated rings. The van der Waals surface area contributed by atoms with E-state index >= 15 is 0 Å². The molecule has 42 heavy (non-hydrogen) atoms. The molecule has 4 aromatic rings. The molecule has 2 amide bonds. The Morgan fingerprint density at radius 1 is 0.929 bits per heavy atom. The van der Waals surface area contributed by atoms with Crippen molar-refractivity contribution in [1.82, 2.24) is 15.6 Å². The molecule has 0 saturated heterocycles. The van der Waals surface area contributed by atoms with Gasteiger partial charge in [-0.05, 0) is 34.7 Å². The number of carbonyl (C=O) groups excluding carboxylic acids is 2. The molecule has 1 aromatic heterocycles. The number of ether oxygens (including phenoxy) is 2. The zero-order valence-electron chi connectivity index (χ0n) is 22.9. The average molecular weight is 586 g/mol. The van der Waals surface area contributed by atoms with Gasteiger partial charge in [-0.2, -0.15) is 0 Å². The summed E-state index contributed by atoms with van der Waals surface area (Å²) < 4.78 is 11.4. The highest BCUT2D eigenvalue weighted by Crippen LogP contribution is 2.44. The molecule has 10 heteroatoms. The summed E-state index contributed by atoms with van der Waals surface area (Å²) in [5.41, 5.74) is 6.84. The van der Waals surface area contributed by atoms with E-state index in [-0.39, 0.29) is 25.6 Å². The molecule has 9 nitrogen and oxygen atoms in total. The van der Waals surface area contributed by atoms with E-state index in [1.807, 2.05) is 78.9 Å². The van der Waals surface area contributed by atoms with Gasteiger partial charge in [0.2, 0.25) is 5.91 Å². The van der Waals surface area contributed by atoms with Gasteiger partial charge >= 0.3 is 12.1 Å². The summed E-state index contributed by atoms with van der Waals surface area (Å²) in [4.78, 5) is 43.3. The van der Waals surface area contributed by atoms with Crippen molar-refractivity contribution < 1.29 is 29.0 Å². The van der Waals surface area contributed by atoms with E-state index in [0.717, 1.165) is 32.7 Å². The molecule has 1 heterocycles. The van der Waals surface area contributed by atoms with Crippen molar-refractivity contribution in [2.24, 2.45) is 0 Å². The predicted octanol–water partition coefficient (Wildman–Crippen LogP) is 4.77. The maximum Gasteiger partial charge on any atom is 0.407 e. The van der Waals surface area contributed by atoms with E-state index in [4.69, 9.17) is 9.47 Å². The molecular formula is C32H31N3O6S. The second-order valence-electron chi connectivity index (χ2n) is 10.0. The number of carboxylic acids is 1. The molecule has 3 atom stereocenters. The predicted molar refractivity (Wildman–Crippen MR) is 158 cm³/mol. The average Bonchev–Trinajstić information content (AvgIpc) is 3.63. The fraction of sp³-hybridized carbons (Fsp3) is 0.250. The van der Waals surface area contributed by atoms with Gasteiger partial charge in [0.05, 0.1) is 18.2 Å². The first kappa shape index (κ1) is 29.0. The number of carbonyl (C=O) groups is 3. The fourth-order valence-corrected chi connectivity index (χ4v) is 5.71. The Bertz CT molecular complexity index is 1480. The van der Waals surface area contributed by atoms with Gasteiger partial charge in [0.15, 0.2) is 6.04 Å². The van der Waals surface area contributed by atoms with Crippen molar-refractivity contribution in [3.8, 4) is 11.1 Å². The molecule has 0 radical (unpaired) electrons. The summed E-state index contributed by atoms with van der Waals surface area (Å²) in [5.74, 6) is -2.06. The number of nitrogens with zero attached hydrogens (tertiary/aromatic N) is 1. The van der Waals surface area contributed by atoms with Gasteiger partial charge in [0, 0.05) is 23.4 Å². The lowest BCUT2D eigenvalue weighted by Crippen LogP contribution is -2.55. The van der Waals surface area contributed by atoms with Crippen LogP contribution in [0.3, 0.4) is 0 Å². The van der Waals surface area contributed by atoms with Crippen LogP contribution < -0.4 is 10.6 Å². The number of fused-ring (bicyclic) bond motifs is 3. The van der Waals surface area contributed by atoms with E-state index in [9.17, 15) is 19.5 Å². The van der Waals surface area contributed by atoms with Crippen LogP contribution in [0.25, 0.3) is 11.1 Å². The minimum atomic E-state index is -1.34. The Kier molecular flexibility index (Phi) is 9.25. The monoisotopic (exact) mass is 585 g/mol. The van der Waals surface area contributed by atoms with Gasteiger partial charge in [-0.25, -0.2) is 9.59 Å². The van der Waals surface area contributed by atoms with Crippen LogP contribution in [0.15, 0.2) is 90.6 Å². The van der Waals surface area contributed by atoms with Gasteiger partial charge in [0.1, 0.15) is 12.6 Å². The number of hydrogen-bond donors (Lipinski definition) is 3. The number of thiazole rings is 1. The van der Waals surface area contributed by atoms with Gasteiger partial charge in [-0.15, -0.1) is 11.3 Å². The first-order chi connectivity index (χ1) is 20.4. The Labute approximate surface area is 247 Å². The third-order valence-electron chi connectivity index (χ3n) is 7.23. The fourth-order valence-electron chi connectivity index (χ4n) is 5.07. The lowest BCUT2D eigenvalue weighted by molar-refractivity contribution is -0.146. The zero-order chi connectivity index (χ0) is 29.5. The molecular weight excluding hydrogens is 554 g/mol. The number of carboxylic acid groups (broad SMARTS) is 1. The van der Waals surface area contributed by atoms with E-state index in [1.54, 1.807) is 18.6 Å². The van der Waals surface area contributed by atoms with Gasteiger partial charge in [-0.1, -0.05) is 78.9 Å². The largest absolute Gasteiger partial charge is 0.480 e. The van der Waals surface area contributed by atoms with Crippen LogP contribution in [-0.2, 0) is 32.1 Å². The van der Waals surface area contributed by atoms with Gasteiger partial charge < -0.3 is 25.2 Å². The Balaban J connectivity index is 1.24. The molecule has 5 rings (SSSR count). The van der Waals surface area contributed by atoms with Crippen LogP contribution >= 0.6 is 11.3 Å². The van der Waals surface area contributed by atoms with Crippen molar-refractivity contribution in [1.29, 1.82) is 0 Å². The topological polar surface area (TPSA) is 127 Å². The molecule has 1 aliphatic carbocycles. The Morgan fingerprint density at radius 2 is 1.57 bits per heavy atom. The van der Waals surface area contributed by atoms with E-state index in [0.29, 0.717) is 0 Å². The maximum absolute atomic E-state index is 13.4. The van der Waals surface area contributed by atoms with Crippen molar-refractivity contribution >= 4 is 29.3 Å². The number of benzene rings is 3. The number of amides is 2. The van der Waals surface area contributed by atoms with Crippen molar-refractivity contribution in [3.63, 3.8) is 0 Å². The van der Waals surface area contributed by atoms with E-state index in [1.165, 1.54) is 11.3 Å². The zero-order valence-corrected chi connectivity index (χ0v) is 23.8. The van der Waals surface area contributed by atoms with Crippen LogP contribution in [0.4, 0.5) is 4.79 Å². The van der Waals surface area contributed by atoms with Crippen LogP contribution in [0, 0.1) is 0 Å². The first-order valence-electron chi connectivity index (χ1n) is 13.6. The SMILES string of the molecule is C[C@@H](OCc1ccccc1)[C@H](NC(=O)C(Cc1cncs1)NC(=O)OCC1c2ccccc2-c2ccccc21)C(=O)O. The number of aromatic nitrogens is 1. The normalized spacial score (nSPS) is 14.2. The minimum Gasteiger partial charge on any atom is -0.480 e. The third-order valence-corrected chi connectivity index (χ3v) is 8.03. The summed E-state index contributed by atoms with van der Waals surface area (Å²) in [6.45, 7) is 1.85. The first-order valence-corrected chi connectivity index (χ1v) is 14.5. The third kappa shape index (κ3) is 6.84.